The van der Waals surface area contributed by atoms with Gasteiger partial charge in [0.1, 0.15) is 5.75 Å². The van der Waals surface area contributed by atoms with Crippen LogP contribution >= 0.6 is 11.6 Å². The third-order valence-electron chi connectivity index (χ3n) is 3.05. The fourth-order valence-corrected chi connectivity index (χ4v) is 1.97. The number of hydrogen-bond donors (Lipinski definition) is 2. The summed E-state index contributed by atoms with van der Waals surface area (Å²) in [6.07, 6.45) is 0.193. The van der Waals surface area contributed by atoms with E-state index >= 15 is 0 Å². The number of halogens is 1. The van der Waals surface area contributed by atoms with Crippen LogP contribution in [0.1, 0.15) is 11.1 Å². The van der Waals surface area contributed by atoms with Crippen molar-refractivity contribution in [2.45, 2.75) is 13.3 Å². The molecule has 2 N–H and O–H groups in total. The first kappa shape index (κ1) is 16.8. The van der Waals surface area contributed by atoms with Gasteiger partial charge in [0.15, 0.2) is 6.61 Å². The summed E-state index contributed by atoms with van der Waals surface area (Å²) in [6.45, 7) is 1.64. The van der Waals surface area contributed by atoms with Crippen LogP contribution in [0, 0.1) is 6.92 Å². The molecule has 5 nitrogen and oxygen atoms in total. The van der Waals surface area contributed by atoms with Crippen LogP contribution in [0.2, 0.25) is 5.02 Å². The Morgan fingerprint density at radius 1 is 1.04 bits per heavy atom. The van der Waals surface area contributed by atoms with Crippen molar-refractivity contribution in [1.29, 1.82) is 0 Å². The summed E-state index contributed by atoms with van der Waals surface area (Å²) in [5, 5.41) is 0.634. The number of hydrazine groups is 1. The lowest BCUT2D eigenvalue weighted by Crippen LogP contribution is -2.44. The van der Waals surface area contributed by atoms with Gasteiger partial charge in [0.05, 0.1) is 6.42 Å². The van der Waals surface area contributed by atoms with E-state index in [1.807, 2.05) is 37.3 Å². The zero-order valence-electron chi connectivity index (χ0n) is 12.6. The lowest BCUT2D eigenvalue weighted by Gasteiger charge is -2.09. The maximum atomic E-state index is 11.7. The molecular weight excluding hydrogens is 316 g/mol. The number of aryl methyl sites for hydroxylation is 1. The van der Waals surface area contributed by atoms with Crippen LogP contribution in [-0.4, -0.2) is 18.4 Å². The maximum absolute atomic E-state index is 11.7. The molecule has 120 valence electrons. The largest absolute Gasteiger partial charge is 0.484 e. The number of amides is 2. The smallest absolute Gasteiger partial charge is 0.276 e. The molecule has 0 bridgehead atoms. The molecule has 2 amide bonds. The Labute approximate surface area is 139 Å². The minimum Gasteiger partial charge on any atom is -0.484 e. The van der Waals surface area contributed by atoms with Gasteiger partial charge in [-0.15, -0.1) is 0 Å². The van der Waals surface area contributed by atoms with E-state index in [9.17, 15) is 9.59 Å². The zero-order valence-corrected chi connectivity index (χ0v) is 13.4. The van der Waals surface area contributed by atoms with Crippen LogP contribution in [0.15, 0.2) is 48.5 Å². The van der Waals surface area contributed by atoms with Gasteiger partial charge in [-0.25, -0.2) is 0 Å². The highest BCUT2D eigenvalue weighted by atomic mass is 35.5. The number of hydrogen-bond acceptors (Lipinski definition) is 3. The Balaban J connectivity index is 1.72. The van der Waals surface area contributed by atoms with Crippen molar-refractivity contribution in [2.24, 2.45) is 0 Å². The average Bonchev–Trinajstić information content (AvgIpc) is 2.55. The molecule has 0 aliphatic rings. The SMILES string of the molecule is Cc1cc(OCC(=O)NNC(=O)Cc2ccccc2)ccc1Cl. The van der Waals surface area contributed by atoms with Gasteiger partial charge in [-0.1, -0.05) is 41.9 Å². The second kappa shape index (κ2) is 8.19. The van der Waals surface area contributed by atoms with Gasteiger partial charge in [0, 0.05) is 5.02 Å². The topological polar surface area (TPSA) is 67.4 Å². The molecule has 0 aliphatic carbocycles. The van der Waals surface area contributed by atoms with Gasteiger partial charge in [0.2, 0.25) is 5.91 Å². The summed E-state index contributed by atoms with van der Waals surface area (Å²) in [5.41, 5.74) is 6.39. The maximum Gasteiger partial charge on any atom is 0.276 e. The van der Waals surface area contributed by atoms with E-state index in [0.717, 1.165) is 11.1 Å². The first-order valence-electron chi connectivity index (χ1n) is 7.05. The van der Waals surface area contributed by atoms with Gasteiger partial charge < -0.3 is 4.74 Å². The van der Waals surface area contributed by atoms with Crippen molar-refractivity contribution in [1.82, 2.24) is 10.9 Å². The molecule has 0 fully saturated rings. The van der Waals surface area contributed by atoms with E-state index < -0.39 is 5.91 Å². The Morgan fingerprint density at radius 2 is 1.74 bits per heavy atom. The molecule has 23 heavy (non-hydrogen) atoms. The molecule has 0 aliphatic heterocycles. The van der Waals surface area contributed by atoms with Gasteiger partial charge >= 0.3 is 0 Å². The standard InChI is InChI=1S/C17H17ClN2O3/c1-12-9-14(7-8-15(12)18)23-11-17(22)20-19-16(21)10-13-5-3-2-4-6-13/h2-9H,10-11H2,1H3,(H,19,21)(H,20,22). The van der Waals surface area contributed by atoms with Crippen LogP contribution in [0.25, 0.3) is 0 Å². The zero-order chi connectivity index (χ0) is 16.7. The lowest BCUT2D eigenvalue weighted by atomic mass is 10.1. The van der Waals surface area contributed by atoms with Gasteiger partial charge in [-0.2, -0.15) is 0 Å². The van der Waals surface area contributed by atoms with Gasteiger partial charge in [-0.3, -0.25) is 20.4 Å². The average molecular weight is 333 g/mol. The van der Waals surface area contributed by atoms with Crippen molar-refractivity contribution in [3.8, 4) is 5.75 Å². The molecule has 0 saturated heterocycles. The van der Waals surface area contributed by atoms with Crippen LogP contribution in [0.3, 0.4) is 0 Å². The second-order valence-electron chi connectivity index (χ2n) is 4.96. The Kier molecular flexibility index (Phi) is 6.00. The Morgan fingerprint density at radius 3 is 2.43 bits per heavy atom. The third kappa shape index (κ3) is 5.64. The number of ether oxygens (including phenoxy) is 1. The molecule has 2 aromatic rings. The monoisotopic (exact) mass is 332 g/mol. The highest BCUT2D eigenvalue weighted by molar-refractivity contribution is 6.31. The molecule has 6 heteroatoms. The minimum atomic E-state index is -0.445. The second-order valence-corrected chi connectivity index (χ2v) is 5.37. The first-order valence-corrected chi connectivity index (χ1v) is 7.43. The fraction of sp³-hybridized carbons (Fsp3) is 0.176. The number of benzene rings is 2. The number of nitrogens with one attached hydrogen (secondary N) is 2. The summed E-state index contributed by atoms with van der Waals surface area (Å²) >= 11 is 5.91. The van der Waals surface area contributed by atoms with E-state index in [2.05, 4.69) is 10.9 Å². The van der Waals surface area contributed by atoms with Gasteiger partial charge in [-0.05, 0) is 36.2 Å². The van der Waals surface area contributed by atoms with Crippen molar-refractivity contribution in [3.05, 3.63) is 64.7 Å². The van der Waals surface area contributed by atoms with E-state index in [-0.39, 0.29) is 18.9 Å². The highest BCUT2D eigenvalue weighted by Crippen LogP contribution is 2.20. The quantitative estimate of drug-likeness (QED) is 0.826. The summed E-state index contributed by atoms with van der Waals surface area (Å²) in [4.78, 5) is 23.3. The normalized spacial score (nSPS) is 10.0. The molecule has 0 spiro atoms. The lowest BCUT2D eigenvalue weighted by molar-refractivity contribution is -0.129. The molecule has 2 rings (SSSR count). The third-order valence-corrected chi connectivity index (χ3v) is 3.47. The predicted molar refractivity (Wildman–Crippen MR) is 88.1 cm³/mol. The molecule has 0 atom stereocenters. The number of rotatable bonds is 5. The molecule has 0 heterocycles. The van der Waals surface area contributed by atoms with Crippen LogP contribution in [0.5, 0.6) is 5.75 Å². The van der Waals surface area contributed by atoms with E-state index in [4.69, 9.17) is 16.3 Å². The molecule has 0 saturated carbocycles. The van der Waals surface area contributed by atoms with Crippen molar-refractivity contribution in [2.75, 3.05) is 6.61 Å². The summed E-state index contributed by atoms with van der Waals surface area (Å²) in [5.74, 6) is -0.205. The summed E-state index contributed by atoms with van der Waals surface area (Å²) in [6, 6.07) is 14.4. The summed E-state index contributed by atoms with van der Waals surface area (Å²) < 4.78 is 5.33. The Bertz CT molecular complexity index is 689. The molecule has 0 radical (unpaired) electrons. The number of carbonyl (C=O) groups excluding carboxylic acids is 2. The van der Waals surface area contributed by atoms with Crippen LogP contribution in [-0.2, 0) is 16.0 Å². The van der Waals surface area contributed by atoms with Gasteiger partial charge in [0.25, 0.3) is 5.91 Å². The molecule has 0 aromatic heterocycles. The van der Waals surface area contributed by atoms with E-state index in [1.54, 1.807) is 18.2 Å². The molecular formula is C17H17ClN2O3. The fourth-order valence-electron chi connectivity index (χ4n) is 1.86. The van der Waals surface area contributed by atoms with E-state index in [0.29, 0.717) is 10.8 Å². The molecule has 0 unspecified atom stereocenters. The van der Waals surface area contributed by atoms with Crippen molar-refractivity contribution < 1.29 is 14.3 Å². The van der Waals surface area contributed by atoms with Crippen LogP contribution < -0.4 is 15.6 Å². The van der Waals surface area contributed by atoms with Crippen molar-refractivity contribution >= 4 is 23.4 Å². The van der Waals surface area contributed by atoms with Crippen LogP contribution in [0.4, 0.5) is 0 Å². The highest BCUT2D eigenvalue weighted by Gasteiger charge is 2.07. The summed E-state index contributed by atoms with van der Waals surface area (Å²) in [7, 11) is 0. The minimum absolute atomic E-state index is 0.193. The van der Waals surface area contributed by atoms with Crippen molar-refractivity contribution in [3.63, 3.8) is 0 Å². The first-order chi connectivity index (χ1) is 11.0. The Hall–Kier alpha value is -2.53. The molecule has 2 aromatic carbocycles. The number of carbonyl (C=O) groups is 2. The predicted octanol–water partition coefficient (Wildman–Crippen LogP) is 2.42. The van der Waals surface area contributed by atoms with E-state index in [1.165, 1.54) is 0 Å².